The van der Waals surface area contributed by atoms with E-state index in [4.69, 9.17) is 16.3 Å². The number of rotatable bonds is 6. The van der Waals surface area contributed by atoms with Crippen LogP contribution in [0.15, 0.2) is 41.7 Å². The fourth-order valence-corrected chi connectivity index (χ4v) is 7.92. The molecule has 7 rings (SSSR count). The van der Waals surface area contributed by atoms with Crippen LogP contribution in [0.1, 0.15) is 52.0 Å². The number of carbonyl (C=O) groups is 1. The van der Waals surface area contributed by atoms with Gasteiger partial charge in [0.25, 0.3) is 0 Å². The van der Waals surface area contributed by atoms with Gasteiger partial charge in [-0.15, -0.1) is 0 Å². The highest BCUT2D eigenvalue weighted by atomic mass is 35.5. The molecule has 0 bridgehead atoms. The van der Waals surface area contributed by atoms with Crippen LogP contribution in [0.5, 0.6) is 5.75 Å². The van der Waals surface area contributed by atoms with Gasteiger partial charge in [-0.2, -0.15) is 4.98 Å². The lowest BCUT2D eigenvalue weighted by atomic mass is 9.89. The van der Waals surface area contributed by atoms with Gasteiger partial charge in [0.2, 0.25) is 5.91 Å². The van der Waals surface area contributed by atoms with Crippen LogP contribution >= 0.6 is 11.6 Å². The Bertz CT molecular complexity index is 1740. The largest absolute Gasteiger partial charge is 0.488 e. The number of ether oxygens (including phenoxy) is 1. The van der Waals surface area contributed by atoms with Gasteiger partial charge in [0, 0.05) is 53.8 Å². The fraction of sp³-hybridized carbons (Fsp3) is 0.500. The number of carbonyl (C=O) groups excluding carboxylic acids is 1. The summed E-state index contributed by atoms with van der Waals surface area (Å²) >= 11 is 6.90. The van der Waals surface area contributed by atoms with E-state index in [0.717, 1.165) is 44.5 Å². The average molecular weight is 638 g/mol. The van der Waals surface area contributed by atoms with Gasteiger partial charge in [-0.25, -0.2) is 13.6 Å². The number of amides is 1. The van der Waals surface area contributed by atoms with Gasteiger partial charge in [0.05, 0.1) is 16.6 Å². The molecule has 0 unspecified atom stereocenters. The van der Waals surface area contributed by atoms with Gasteiger partial charge >= 0.3 is 5.69 Å². The molecule has 2 saturated heterocycles. The molecule has 2 aromatic carbocycles. The zero-order chi connectivity index (χ0) is 31.6. The molecule has 238 valence electrons. The minimum Gasteiger partial charge on any atom is -0.488 e. The molecule has 8 nitrogen and oxygen atoms in total. The smallest absolute Gasteiger partial charge is 0.350 e. The molecule has 0 radical (unpaired) electrons. The molecule has 1 saturated carbocycles. The Hall–Kier alpha value is -3.50. The average Bonchev–Trinajstić information content (AvgIpc) is 3.87. The molecule has 0 spiro atoms. The molecule has 11 heteroatoms. The van der Waals surface area contributed by atoms with E-state index < -0.39 is 17.3 Å². The Morgan fingerprint density at radius 3 is 2.56 bits per heavy atom. The molecule has 4 heterocycles. The van der Waals surface area contributed by atoms with Crippen LogP contribution in [-0.4, -0.2) is 76.2 Å². The number of hydrogen-bond acceptors (Lipinski definition) is 6. The summed E-state index contributed by atoms with van der Waals surface area (Å²) in [6, 6.07) is 5.24. The summed E-state index contributed by atoms with van der Waals surface area (Å²) in [5.74, 6) is -0.427. The second-order valence-electron chi connectivity index (χ2n) is 13.1. The highest BCUT2D eigenvalue weighted by molar-refractivity contribution is 6.35. The first-order chi connectivity index (χ1) is 21.6. The van der Waals surface area contributed by atoms with Crippen molar-refractivity contribution in [2.75, 3.05) is 37.7 Å². The topological polar surface area (TPSA) is 70.9 Å². The van der Waals surface area contributed by atoms with Gasteiger partial charge in [-0.05, 0) is 89.2 Å². The highest BCUT2D eigenvalue weighted by Gasteiger charge is 2.38. The molecule has 4 aliphatic rings. The van der Waals surface area contributed by atoms with Crippen molar-refractivity contribution in [1.29, 1.82) is 0 Å². The molecule has 3 aliphatic heterocycles. The van der Waals surface area contributed by atoms with Crippen LogP contribution < -0.4 is 15.3 Å². The maximum Gasteiger partial charge on any atom is 0.350 e. The minimum absolute atomic E-state index is 0.0973. The van der Waals surface area contributed by atoms with Crippen LogP contribution in [0.4, 0.5) is 14.6 Å². The second kappa shape index (κ2) is 11.7. The van der Waals surface area contributed by atoms with Gasteiger partial charge in [0.1, 0.15) is 24.1 Å². The third-order valence-corrected chi connectivity index (χ3v) is 10.4. The van der Waals surface area contributed by atoms with Gasteiger partial charge in [-0.1, -0.05) is 18.2 Å². The molecule has 1 aliphatic carbocycles. The third-order valence-electron chi connectivity index (χ3n) is 10.1. The van der Waals surface area contributed by atoms with Crippen molar-refractivity contribution in [2.24, 2.45) is 5.92 Å². The van der Waals surface area contributed by atoms with E-state index in [1.54, 1.807) is 15.5 Å². The van der Waals surface area contributed by atoms with E-state index in [1.807, 2.05) is 18.7 Å². The van der Waals surface area contributed by atoms with Crippen molar-refractivity contribution in [2.45, 2.75) is 70.1 Å². The van der Waals surface area contributed by atoms with Gasteiger partial charge in [-0.3, -0.25) is 9.36 Å². The SMILES string of the molecule is C=CC(=O)N1C[C@H](C)N(c2nc(=O)n3c4c(c(-c5ccc(F)cc5F)c(Cl)cc24)OC[C@H]3CC2CCN(C3CC3)CC2)C[C@H]1C. The number of halogens is 3. The number of piperidine rings is 1. The van der Waals surface area contributed by atoms with Crippen LogP contribution in [-0.2, 0) is 4.79 Å². The Morgan fingerprint density at radius 1 is 1.11 bits per heavy atom. The van der Waals surface area contributed by atoms with E-state index in [-0.39, 0.29) is 46.8 Å². The van der Waals surface area contributed by atoms with Crippen molar-refractivity contribution in [1.82, 2.24) is 19.4 Å². The zero-order valence-corrected chi connectivity index (χ0v) is 26.4. The van der Waals surface area contributed by atoms with Crippen LogP contribution in [0.2, 0.25) is 5.02 Å². The molecule has 3 atom stereocenters. The maximum absolute atomic E-state index is 15.2. The minimum atomic E-state index is -0.769. The van der Waals surface area contributed by atoms with E-state index in [2.05, 4.69) is 16.5 Å². The van der Waals surface area contributed by atoms with Crippen molar-refractivity contribution >= 4 is 34.2 Å². The van der Waals surface area contributed by atoms with E-state index >= 15 is 4.39 Å². The number of aromatic nitrogens is 2. The van der Waals surface area contributed by atoms with Crippen LogP contribution in [0.25, 0.3) is 22.0 Å². The summed E-state index contributed by atoms with van der Waals surface area (Å²) in [5, 5.41) is 0.833. The van der Waals surface area contributed by atoms with Crippen molar-refractivity contribution in [3.63, 3.8) is 0 Å². The van der Waals surface area contributed by atoms with Gasteiger partial charge < -0.3 is 19.4 Å². The highest BCUT2D eigenvalue weighted by Crippen LogP contribution is 2.48. The predicted octanol–water partition coefficient (Wildman–Crippen LogP) is 5.80. The molecular formula is C34H38ClF2N5O3. The Balaban J connectivity index is 1.34. The van der Waals surface area contributed by atoms with Crippen molar-refractivity contribution in [3.05, 3.63) is 64.1 Å². The molecule has 3 aromatic rings. The maximum atomic E-state index is 15.2. The first-order valence-electron chi connectivity index (χ1n) is 15.9. The van der Waals surface area contributed by atoms with Crippen molar-refractivity contribution in [3.8, 4) is 16.9 Å². The monoisotopic (exact) mass is 637 g/mol. The quantitative estimate of drug-likeness (QED) is 0.318. The lowest BCUT2D eigenvalue weighted by molar-refractivity contribution is -0.128. The first-order valence-corrected chi connectivity index (χ1v) is 16.3. The summed E-state index contributed by atoms with van der Waals surface area (Å²) < 4.78 is 37.3. The standard InChI is InChI=1S/C34H38ClF2N5O3/c1-4-29(43)40-16-20(3)41(17-19(40)2)33-26-15-27(35)30(25-8-5-22(36)14-28(25)37)32-31(26)42(34(44)38-33)24(18-45-32)13-21-9-11-39(12-10-21)23-6-7-23/h4-5,8,14-15,19-21,23-24H,1,6-7,9-13,16-18H2,2-3H3/t19-,20+,24-/m1/s1. The van der Waals surface area contributed by atoms with E-state index in [1.165, 1.54) is 31.1 Å². The lowest BCUT2D eigenvalue weighted by Crippen LogP contribution is -2.58. The molecule has 0 N–H and O–H groups in total. The Kier molecular flexibility index (Phi) is 7.84. The van der Waals surface area contributed by atoms with Crippen LogP contribution in [0.3, 0.4) is 0 Å². The predicted molar refractivity (Wildman–Crippen MR) is 171 cm³/mol. The Morgan fingerprint density at radius 2 is 1.87 bits per heavy atom. The van der Waals surface area contributed by atoms with Gasteiger partial charge in [0.15, 0.2) is 5.75 Å². The summed E-state index contributed by atoms with van der Waals surface area (Å²) in [6.45, 7) is 10.8. The van der Waals surface area contributed by atoms with Crippen LogP contribution in [0, 0.1) is 17.6 Å². The zero-order valence-electron chi connectivity index (χ0n) is 25.6. The molecule has 45 heavy (non-hydrogen) atoms. The number of benzene rings is 2. The third kappa shape index (κ3) is 5.39. The number of anilines is 1. The Labute approximate surface area is 266 Å². The number of likely N-dealkylation sites (tertiary alicyclic amines) is 1. The number of nitrogens with zero attached hydrogens (tertiary/aromatic N) is 5. The summed E-state index contributed by atoms with van der Waals surface area (Å²) in [7, 11) is 0. The number of piperazine rings is 1. The molecule has 3 fully saturated rings. The summed E-state index contributed by atoms with van der Waals surface area (Å²) in [6.07, 6.45) is 6.81. The lowest BCUT2D eigenvalue weighted by Gasteiger charge is -2.45. The van der Waals surface area contributed by atoms with E-state index in [0.29, 0.717) is 41.5 Å². The summed E-state index contributed by atoms with van der Waals surface area (Å²) in [4.78, 5) is 37.7. The fourth-order valence-electron chi connectivity index (χ4n) is 7.62. The molecule has 1 amide bonds. The first kappa shape index (κ1) is 30.2. The van der Waals surface area contributed by atoms with E-state index in [9.17, 15) is 14.0 Å². The molecular weight excluding hydrogens is 600 g/mol. The summed E-state index contributed by atoms with van der Waals surface area (Å²) in [5.41, 5.74) is 0.495. The normalized spacial score (nSPS) is 24.2. The second-order valence-corrected chi connectivity index (χ2v) is 13.5. The van der Waals surface area contributed by atoms with Crippen molar-refractivity contribution < 1.29 is 18.3 Å². The molecule has 1 aromatic heterocycles. The number of hydrogen-bond donors (Lipinski definition) is 0.